The van der Waals surface area contributed by atoms with Gasteiger partial charge >= 0.3 is 0 Å². The van der Waals surface area contributed by atoms with Crippen LogP contribution < -0.4 is 5.32 Å². The molecule has 17 heavy (non-hydrogen) atoms. The minimum Gasteiger partial charge on any atom is -0.388 e. The molecule has 0 saturated heterocycles. The highest BCUT2D eigenvalue weighted by Crippen LogP contribution is 2.05. The summed E-state index contributed by atoms with van der Waals surface area (Å²) in [7, 11) is 0. The van der Waals surface area contributed by atoms with Gasteiger partial charge in [-0.3, -0.25) is 4.79 Å². The molecule has 0 heterocycles. The van der Waals surface area contributed by atoms with Crippen LogP contribution in [0, 0.1) is 11.8 Å². The maximum Gasteiger partial charge on any atom is 0.296 e. The summed E-state index contributed by atoms with van der Waals surface area (Å²) in [5.74, 6) is 4.87. The number of benzene rings is 1. The molecule has 90 valence electrons. The van der Waals surface area contributed by atoms with E-state index in [1.807, 2.05) is 37.3 Å². The Hall–Kier alpha value is -1.79. The second-order valence-corrected chi connectivity index (χ2v) is 4.15. The first-order valence-electron chi connectivity index (χ1n) is 5.61. The van der Waals surface area contributed by atoms with E-state index in [0.29, 0.717) is 6.42 Å². The summed E-state index contributed by atoms with van der Waals surface area (Å²) in [6.07, 6.45) is 0.583. The first-order valence-corrected chi connectivity index (χ1v) is 5.61. The Kier molecular flexibility index (Phi) is 4.74. The fraction of sp³-hybridized carbons (Fsp3) is 0.357. The van der Waals surface area contributed by atoms with Crippen LogP contribution in [-0.4, -0.2) is 23.2 Å². The van der Waals surface area contributed by atoms with Crippen LogP contribution in [0.2, 0.25) is 0 Å². The highest BCUT2D eigenvalue weighted by atomic mass is 16.3. The van der Waals surface area contributed by atoms with Gasteiger partial charge in [-0.15, -0.1) is 0 Å². The second-order valence-electron chi connectivity index (χ2n) is 4.15. The van der Waals surface area contributed by atoms with Crippen molar-refractivity contribution in [1.82, 2.24) is 5.32 Å². The highest BCUT2D eigenvalue weighted by Gasteiger charge is 2.17. The largest absolute Gasteiger partial charge is 0.388 e. The molecule has 0 aliphatic heterocycles. The number of carbonyl (C=O) groups is 1. The molecule has 0 aliphatic rings. The van der Waals surface area contributed by atoms with Crippen LogP contribution in [0.1, 0.15) is 25.8 Å². The standard InChI is InChI=1S/C14H17NO2/c1-3-14(2,17)11-15-13(16)10-9-12-7-5-4-6-8-12/h4-8,17H,3,11H2,1-2H3,(H,15,16). The average molecular weight is 231 g/mol. The van der Waals surface area contributed by atoms with Crippen LogP contribution in [-0.2, 0) is 4.79 Å². The highest BCUT2D eigenvalue weighted by molar-refractivity contribution is 5.94. The van der Waals surface area contributed by atoms with Gasteiger partial charge in [-0.05, 0) is 25.5 Å². The lowest BCUT2D eigenvalue weighted by Gasteiger charge is -2.20. The Morgan fingerprint density at radius 3 is 2.65 bits per heavy atom. The van der Waals surface area contributed by atoms with Crippen LogP contribution >= 0.6 is 0 Å². The third kappa shape index (κ3) is 5.19. The zero-order valence-electron chi connectivity index (χ0n) is 10.2. The first-order chi connectivity index (χ1) is 8.03. The Balaban J connectivity index is 2.49. The van der Waals surface area contributed by atoms with Crippen molar-refractivity contribution in [2.24, 2.45) is 0 Å². The number of nitrogens with one attached hydrogen (secondary N) is 1. The minimum atomic E-state index is -0.871. The number of rotatable bonds is 3. The molecule has 3 heteroatoms. The summed E-state index contributed by atoms with van der Waals surface area (Å²) in [6, 6.07) is 9.29. The molecule has 0 radical (unpaired) electrons. The maximum absolute atomic E-state index is 11.4. The molecular weight excluding hydrogens is 214 g/mol. The van der Waals surface area contributed by atoms with Gasteiger partial charge in [0.05, 0.1) is 5.60 Å². The van der Waals surface area contributed by atoms with E-state index in [1.54, 1.807) is 6.92 Å². The zero-order chi connectivity index (χ0) is 12.7. The van der Waals surface area contributed by atoms with Crippen molar-refractivity contribution in [3.05, 3.63) is 35.9 Å². The van der Waals surface area contributed by atoms with Crippen molar-refractivity contribution in [1.29, 1.82) is 0 Å². The van der Waals surface area contributed by atoms with Gasteiger partial charge in [0.15, 0.2) is 0 Å². The SMILES string of the molecule is CCC(C)(O)CNC(=O)C#Cc1ccccc1. The Morgan fingerprint density at radius 2 is 2.06 bits per heavy atom. The number of hydrogen-bond acceptors (Lipinski definition) is 2. The Labute approximate surface area is 102 Å². The molecule has 0 saturated carbocycles. The third-order valence-corrected chi connectivity index (χ3v) is 2.49. The molecular formula is C14H17NO2. The van der Waals surface area contributed by atoms with E-state index in [4.69, 9.17) is 0 Å². The molecule has 1 rings (SSSR count). The lowest BCUT2D eigenvalue weighted by molar-refractivity contribution is -0.116. The van der Waals surface area contributed by atoms with Crippen LogP contribution in [0.25, 0.3) is 0 Å². The number of amides is 1. The van der Waals surface area contributed by atoms with Crippen molar-refractivity contribution < 1.29 is 9.90 Å². The van der Waals surface area contributed by atoms with E-state index >= 15 is 0 Å². The van der Waals surface area contributed by atoms with Crippen molar-refractivity contribution >= 4 is 5.91 Å². The van der Waals surface area contributed by atoms with Gasteiger partial charge in [-0.1, -0.05) is 31.0 Å². The lowest BCUT2D eigenvalue weighted by atomic mass is 10.0. The summed E-state index contributed by atoms with van der Waals surface area (Å²) in [5, 5.41) is 12.3. The predicted octanol–water partition coefficient (Wildman–Crippen LogP) is 1.32. The van der Waals surface area contributed by atoms with E-state index in [2.05, 4.69) is 17.2 Å². The summed E-state index contributed by atoms with van der Waals surface area (Å²) in [5.41, 5.74) is -0.0747. The van der Waals surface area contributed by atoms with Crippen molar-refractivity contribution in [3.8, 4) is 11.8 Å². The third-order valence-electron chi connectivity index (χ3n) is 2.49. The van der Waals surface area contributed by atoms with Crippen LogP contribution in [0.5, 0.6) is 0 Å². The van der Waals surface area contributed by atoms with E-state index in [9.17, 15) is 9.90 Å². The normalized spacial score (nSPS) is 13.1. The lowest BCUT2D eigenvalue weighted by Crippen LogP contribution is -2.39. The maximum atomic E-state index is 11.4. The van der Waals surface area contributed by atoms with Crippen molar-refractivity contribution in [2.45, 2.75) is 25.9 Å². The molecule has 0 aliphatic carbocycles. The summed E-state index contributed by atoms with van der Waals surface area (Å²) < 4.78 is 0. The van der Waals surface area contributed by atoms with Crippen LogP contribution in [0.4, 0.5) is 0 Å². The summed E-state index contributed by atoms with van der Waals surface area (Å²) in [4.78, 5) is 11.4. The van der Waals surface area contributed by atoms with Gasteiger partial charge in [0, 0.05) is 18.0 Å². The fourth-order valence-corrected chi connectivity index (χ4v) is 1.09. The molecule has 0 bridgehead atoms. The first kappa shape index (κ1) is 13.3. The van der Waals surface area contributed by atoms with E-state index < -0.39 is 5.60 Å². The zero-order valence-corrected chi connectivity index (χ0v) is 10.2. The van der Waals surface area contributed by atoms with E-state index in [0.717, 1.165) is 5.56 Å². The topological polar surface area (TPSA) is 49.3 Å². The Bertz CT molecular complexity index is 427. The molecule has 1 amide bonds. The number of hydrogen-bond donors (Lipinski definition) is 2. The van der Waals surface area contributed by atoms with Crippen molar-refractivity contribution in [2.75, 3.05) is 6.54 Å². The Morgan fingerprint density at radius 1 is 1.41 bits per heavy atom. The second kappa shape index (κ2) is 6.07. The van der Waals surface area contributed by atoms with Gasteiger partial charge in [-0.25, -0.2) is 0 Å². The van der Waals surface area contributed by atoms with Gasteiger partial charge < -0.3 is 10.4 Å². The molecule has 0 spiro atoms. The number of aliphatic hydroxyl groups is 1. The van der Waals surface area contributed by atoms with E-state index in [1.165, 1.54) is 0 Å². The molecule has 0 fully saturated rings. The molecule has 1 aromatic rings. The van der Waals surface area contributed by atoms with Gasteiger partial charge in [0.25, 0.3) is 5.91 Å². The van der Waals surface area contributed by atoms with Gasteiger partial charge in [0.2, 0.25) is 0 Å². The molecule has 3 nitrogen and oxygen atoms in total. The van der Waals surface area contributed by atoms with Gasteiger partial charge in [0.1, 0.15) is 0 Å². The van der Waals surface area contributed by atoms with Gasteiger partial charge in [-0.2, -0.15) is 0 Å². The fourth-order valence-electron chi connectivity index (χ4n) is 1.09. The van der Waals surface area contributed by atoms with E-state index in [-0.39, 0.29) is 12.5 Å². The molecule has 1 aromatic carbocycles. The average Bonchev–Trinajstić information content (AvgIpc) is 2.35. The van der Waals surface area contributed by atoms with Crippen LogP contribution in [0.3, 0.4) is 0 Å². The minimum absolute atomic E-state index is 0.214. The summed E-state index contributed by atoms with van der Waals surface area (Å²) >= 11 is 0. The predicted molar refractivity (Wildman–Crippen MR) is 67.2 cm³/mol. The molecule has 1 unspecified atom stereocenters. The van der Waals surface area contributed by atoms with Crippen molar-refractivity contribution in [3.63, 3.8) is 0 Å². The summed E-state index contributed by atoms with van der Waals surface area (Å²) in [6.45, 7) is 3.76. The number of carbonyl (C=O) groups excluding carboxylic acids is 1. The monoisotopic (exact) mass is 231 g/mol. The molecule has 1 atom stereocenters. The smallest absolute Gasteiger partial charge is 0.296 e. The molecule has 2 N–H and O–H groups in total. The quantitative estimate of drug-likeness (QED) is 0.771. The molecule has 0 aromatic heterocycles. The van der Waals surface area contributed by atoms with Crippen LogP contribution in [0.15, 0.2) is 30.3 Å².